The zero-order valence-corrected chi connectivity index (χ0v) is 14.2. The molecular formula is C16H24N4O3. The number of unbranched alkanes of at least 4 members (excludes halogenated alkanes) is 1. The van der Waals surface area contributed by atoms with Crippen LogP contribution in [-0.4, -0.2) is 24.5 Å². The normalized spacial score (nSPS) is 11.5. The lowest BCUT2D eigenvalue weighted by Gasteiger charge is -2.10. The van der Waals surface area contributed by atoms with Gasteiger partial charge in [0.25, 0.3) is 5.56 Å². The first kappa shape index (κ1) is 17.2. The molecule has 0 fully saturated rings. The summed E-state index contributed by atoms with van der Waals surface area (Å²) >= 11 is 0. The molecule has 0 saturated carbocycles. The summed E-state index contributed by atoms with van der Waals surface area (Å²) < 4.78 is 4.48. The zero-order chi connectivity index (χ0) is 17.1. The number of fused-ring (bicyclic) bond motifs is 1. The van der Waals surface area contributed by atoms with E-state index >= 15 is 0 Å². The lowest BCUT2D eigenvalue weighted by molar-refractivity contribution is -0.117. The Hall–Kier alpha value is -2.18. The number of hydrogen-bond acceptors (Lipinski definition) is 4. The van der Waals surface area contributed by atoms with Crippen LogP contribution in [0.3, 0.4) is 0 Å². The molecule has 0 atom stereocenters. The van der Waals surface area contributed by atoms with Crippen LogP contribution in [0.25, 0.3) is 11.2 Å². The summed E-state index contributed by atoms with van der Waals surface area (Å²) in [6, 6.07) is 0. The standard InChI is InChI=1S/C16H24N4O3/c1-11(2)9-19-10-17-14-13(19)15(22)20(16(23)18(14)4)8-6-5-7-12(3)21/h10-11H,5-9H2,1-4H3. The molecule has 7 nitrogen and oxygen atoms in total. The van der Waals surface area contributed by atoms with E-state index in [1.165, 1.54) is 9.13 Å². The van der Waals surface area contributed by atoms with Gasteiger partial charge in [0.05, 0.1) is 6.33 Å². The second-order valence-corrected chi connectivity index (χ2v) is 6.42. The van der Waals surface area contributed by atoms with Crippen LogP contribution in [0.1, 0.15) is 40.0 Å². The van der Waals surface area contributed by atoms with Crippen LogP contribution in [0.5, 0.6) is 0 Å². The van der Waals surface area contributed by atoms with Crippen LogP contribution in [0, 0.1) is 5.92 Å². The molecular weight excluding hydrogens is 296 g/mol. The molecule has 0 spiro atoms. The van der Waals surface area contributed by atoms with Crippen molar-refractivity contribution >= 4 is 16.9 Å². The molecule has 0 aromatic carbocycles. The molecule has 0 N–H and O–H groups in total. The number of rotatable bonds is 7. The summed E-state index contributed by atoms with van der Waals surface area (Å²) in [6.45, 7) is 6.67. The third-order valence-electron chi connectivity index (χ3n) is 3.82. The summed E-state index contributed by atoms with van der Waals surface area (Å²) in [7, 11) is 1.63. The number of ketones is 1. The van der Waals surface area contributed by atoms with E-state index in [1.807, 2.05) is 4.57 Å². The quantitative estimate of drug-likeness (QED) is 0.721. The third-order valence-corrected chi connectivity index (χ3v) is 3.82. The Balaban J connectivity index is 2.42. The first-order chi connectivity index (χ1) is 10.8. The fraction of sp³-hybridized carbons (Fsp3) is 0.625. The molecule has 0 aliphatic rings. The highest BCUT2D eigenvalue weighted by molar-refractivity contribution is 5.75. The summed E-state index contributed by atoms with van der Waals surface area (Å²) in [5, 5.41) is 0. The molecule has 2 aromatic rings. The SMILES string of the molecule is CC(=O)CCCCn1c(=O)c2c(ncn2CC(C)C)n(C)c1=O. The number of aryl methyl sites for hydroxylation is 1. The van der Waals surface area contributed by atoms with Crippen molar-refractivity contribution in [1.82, 2.24) is 18.7 Å². The van der Waals surface area contributed by atoms with E-state index in [0.717, 1.165) is 0 Å². The van der Waals surface area contributed by atoms with E-state index < -0.39 is 0 Å². The van der Waals surface area contributed by atoms with Crippen molar-refractivity contribution in [2.24, 2.45) is 13.0 Å². The smallest absolute Gasteiger partial charge is 0.324 e. The van der Waals surface area contributed by atoms with Gasteiger partial charge in [0.1, 0.15) is 5.78 Å². The molecule has 0 aliphatic carbocycles. The number of Topliss-reactive ketones (excluding diaryl/α,β-unsaturated/α-hetero) is 1. The van der Waals surface area contributed by atoms with Gasteiger partial charge in [-0.1, -0.05) is 13.8 Å². The molecule has 0 radical (unpaired) electrons. The highest BCUT2D eigenvalue weighted by Crippen LogP contribution is 2.09. The highest BCUT2D eigenvalue weighted by atomic mass is 16.2. The molecule has 126 valence electrons. The van der Waals surface area contributed by atoms with E-state index in [0.29, 0.717) is 49.4 Å². The summed E-state index contributed by atoms with van der Waals surface area (Å²) in [5.74, 6) is 0.490. The van der Waals surface area contributed by atoms with Crippen molar-refractivity contribution in [3.8, 4) is 0 Å². The first-order valence-corrected chi connectivity index (χ1v) is 7.97. The molecule has 2 heterocycles. The summed E-state index contributed by atoms with van der Waals surface area (Å²) in [6.07, 6.45) is 3.39. The van der Waals surface area contributed by atoms with Crippen LogP contribution in [0.4, 0.5) is 0 Å². The Kier molecular flexibility index (Phi) is 5.18. The molecule has 0 bridgehead atoms. The number of hydrogen-bond donors (Lipinski definition) is 0. The van der Waals surface area contributed by atoms with Crippen molar-refractivity contribution in [1.29, 1.82) is 0 Å². The van der Waals surface area contributed by atoms with Gasteiger partial charge in [-0.15, -0.1) is 0 Å². The third kappa shape index (κ3) is 3.60. The minimum atomic E-state index is -0.361. The fourth-order valence-electron chi connectivity index (χ4n) is 2.69. The van der Waals surface area contributed by atoms with Gasteiger partial charge in [-0.05, 0) is 25.7 Å². The molecule has 23 heavy (non-hydrogen) atoms. The van der Waals surface area contributed by atoms with Crippen molar-refractivity contribution in [2.75, 3.05) is 0 Å². The number of carbonyl (C=O) groups excluding carboxylic acids is 1. The van der Waals surface area contributed by atoms with Crippen LogP contribution >= 0.6 is 0 Å². The largest absolute Gasteiger partial charge is 0.332 e. The van der Waals surface area contributed by atoms with E-state index in [-0.39, 0.29) is 17.0 Å². The molecule has 2 aromatic heterocycles. The van der Waals surface area contributed by atoms with Crippen molar-refractivity contribution in [2.45, 2.75) is 53.1 Å². The summed E-state index contributed by atoms with van der Waals surface area (Å²) in [5.41, 5.74) is 0.220. The molecule has 0 unspecified atom stereocenters. The van der Waals surface area contributed by atoms with E-state index in [4.69, 9.17) is 0 Å². The predicted octanol–water partition coefficient (Wildman–Crippen LogP) is 1.31. The van der Waals surface area contributed by atoms with Gasteiger partial charge in [0.2, 0.25) is 0 Å². The Morgan fingerprint density at radius 2 is 1.96 bits per heavy atom. The highest BCUT2D eigenvalue weighted by Gasteiger charge is 2.16. The maximum atomic E-state index is 12.7. The minimum Gasteiger partial charge on any atom is -0.324 e. The monoisotopic (exact) mass is 320 g/mol. The number of imidazole rings is 1. The van der Waals surface area contributed by atoms with Gasteiger partial charge in [-0.25, -0.2) is 9.78 Å². The van der Waals surface area contributed by atoms with Crippen molar-refractivity contribution in [3.05, 3.63) is 27.2 Å². The number of carbonyl (C=O) groups is 1. The number of aromatic nitrogens is 4. The lowest BCUT2D eigenvalue weighted by atomic mass is 10.2. The molecule has 0 saturated heterocycles. The molecule has 0 amide bonds. The van der Waals surface area contributed by atoms with E-state index in [1.54, 1.807) is 20.3 Å². The van der Waals surface area contributed by atoms with Gasteiger partial charge < -0.3 is 9.36 Å². The van der Waals surface area contributed by atoms with Crippen LogP contribution in [0.2, 0.25) is 0 Å². The van der Waals surface area contributed by atoms with Gasteiger partial charge in [0.15, 0.2) is 11.2 Å². The molecule has 2 rings (SSSR count). The Morgan fingerprint density at radius 3 is 2.57 bits per heavy atom. The lowest BCUT2D eigenvalue weighted by Crippen LogP contribution is -2.39. The maximum absolute atomic E-state index is 12.7. The molecule has 0 aliphatic heterocycles. The predicted molar refractivity (Wildman–Crippen MR) is 88.6 cm³/mol. The van der Waals surface area contributed by atoms with E-state index in [9.17, 15) is 14.4 Å². The van der Waals surface area contributed by atoms with Gasteiger partial charge in [-0.3, -0.25) is 13.9 Å². The average Bonchev–Trinajstić information content (AvgIpc) is 2.87. The molecule has 7 heteroatoms. The van der Waals surface area contributed by atoms with Gasteiger partial charge in [-0.2, -0.15) is 0 Å². The van der Waals surface area contributed by atoms with Crippen molar-refractivity contribution < 1.29 is 4.79 Å². The average molecular weight is 320 g/mol. The maximum Gasteiger partial charge on any atom is 0.332 e. The van der Waals surface area contributed by atoms with Crippen molar-refractivity contribution in [3.63, 3.8) is 0 Å². The first-order valence-electron chi connectivity index (χ1n) is 7.97. The van der Waals surface area contributed by atoms with E-state index in [2.05, 4.69) is 18.8 Å². The van der Waals surface area contributed by atoms with Gasteiger partial charge in [0, 0.05) is 26.6 Å². The second kappa shape index (κ2) is 6.93. The van der Waals surface area contributed by atoms with Crippen LogP contribution in [-0.2, 0) is 24.9 Å². The summed E-state index contributed by atoms with van der Waals surface area (Å²) in [4.78, 5) is 40.3. The van der Waals surface area contributed by atoms with Crippen LogP contribution in [0.15, 0.2) is 15.9 Å². The minimum absolute atomic E-state index is 0.121. The Morgan fingerprint density at radius 1 is 1.26 bits per heavy atom. The fourth-order valence-corrected chi connectivity index (χ4v) is 2.69. The Bertz CT molecular complexity index is 826. The number of nitrogens with zero attached hydrogens (tertiary/aromatic N) is 4. The van der Waals surface area contributed by atoms with Crippen LogP contribution < -0.4 is 11.2 Å². The second-order valence-electron chi connectivity index (χ2n) is 6.42. The Labute approximate surface area is 134 Å². The van der Waals surface area contributed by atoms with Gasteiger partial charge >= 0.3 is 5.69 Å². The topological polar surface area (TPSA) is 78.9 Å². The zero-order valence-electron chi connectivity index (χ0n) is 14.2.